The molecule has 0 saturated carbocycles. The van der Waals surface area contributed by atoms with Crippen molar-refractivity contribution in [1.82, 2.24) is 10.3 Å². The third-order valence-electron chi connectivity index (χ3n) is 3.55. The molecule has 1 aromatic carbocycles. The Kier molecular flexibility index (Phi) is 5.70. The van der Waals surface area contributed by atoms with Gasteiger partial charge in [-0.2, -0.15) is 0 Å². The number of rotatable bonds is 7. The molecule has 0 aliphatic carbocycles. The maximum Gasteiger partial charge on any atom is 0.255 e. The topological polar surface area (TPSA) is 89.3 Å². The predicted octanol–water partition coefficient (Wildman–Crippen LogP) is 3.88. The summed E-state index contributed by atoms with van der Waals surface area (Å²) in [6.45, 7) is 3.11. The van der Waals surface area contributed by atoms with Crippen molar-refractivity contribution in [3.63, 3.8) is 0 Å². The lowest BCUT2D eigenvalue weighted by molar-refractivity contribution is 0.0952. The first-order valence-electron chi connectivity index (χ1n) is 8.26. The minimum absolute atomic E-state index is 0.209. The van der Waals surface area contributed by atoms with Crippen LogP contribution in [0.25, 0.3) is 0 Å². The molecule has 0 bridgehead atoms. The number of anilines is 2. The molecule has 0 fully saturated rings. The van der Waals surface area contributed by atoms with E-state index in [1.165, 1.54) is 11.3 Å². The molecule has 0 unspecified atom stereocenters. The first kappa shape index (κ1) is 17.8. The fraction of sp³-hybridized carbons (Fsp3) is 0.158. The number of nitrogens with two attached hydrogens (primary N) is 1. The van der Waals surface area contributed by atoms with Crippen molar-refractivity contribution in [3.8, 4) is 10.8 Å². The molecule has 1 amide bonds. The van der Waals surface area contributed by atoms with Gasteiger partial charge in [-0.1, -0.05) is 18.2 Å². The number of aromatic nitrogens is 1. The number of pyridine rings is 1. The van der Waals surface area contributed by atoms with Crippen molar-refractivity contribution in [3.05, 3.63) is 65.0 Å². The zero-order valence-electron chi connectivity index (χ0n) is 14.4. The average molecular weight is 368 g/mol. The van der Waals surface area contributed by atoms with Gasteiger partial charge in [-0.3, -0.25) is 4.79 Å². The van der Waals surface area contributed by atoms with Crippen LogP contribution in [0.4, 0.5) is 11.6 Å². The highest BCUT2D eigenvalue weighted by Gasteiger charge is 2.12. The lowest BCUT2D eigenvalue weighted by Crippen LogP contribution is -2.23. The molecule has 26 heavy (non-hydrogen) atoms. The number of thiophene rings is 1. The third kappa shape index (κ3) is 4.52. The van der Waals surface area contributed by atoms with E-state index >= 15 is 0 Å². The van der Waals surface area contributed by atoms with Gasteiger partial charge in [-0.05, 0) is 43.3 Å². The van der Waals surface area contributed by atoms with E-state index in [-0.39, 0.29) is 11.7 Å². The first-order valence-corrected chi connectivity index (χ1v) is 9.07. The summed E-state index contributed by atoms with van der Waals surface area (Å²) in [4.78, 5) is 17.5. The van der Waals surface area contributed by atoms with Crippen LogP contribution in [-0.4, -0.2) is 17.4 Å². The summed E-state index contributed by atoms with van der Waals surface area (Å²) < 4.78 is 5.77. The smallest absolute Gasteiger partial charge is 0.255 e. The molecule has 2 aromatic heterocycles. The minimum atomic E-state index is -0.253. The number of carbonyl (C=O) groups is 1. The molecular formula is C19H20N4O2S. The van der Waals surface area contributed by atoms with Crippen LogP contribution < -0.4 is 21.1 Å². The number of benzene rings is 1. The van der Waals surface area contributed by atoms with E-state index in [9.17, 15) is 4.79 Å². The van der Waals surface area contributed by atoms with Crippen molar-refractivity contribution in [1.29, 1.82) is 0 Å². The van der Waals surface area contributed by atoms with Crippen molar-refractivity contribution in [2.75, 3.05) is 17.6 Å². The highest BCUT2D eigenvalue weighted by Crippen LogP contribution is 2.29. The number of hydrogen-bond acceptors (Lipinski definition) is 6. The molecule has 0 saturated heterocycles. The lowest BCUT2D eigenvalue weighted by atomic mass is 10.2. The van der Waals surface area contributed by atoms with Gasteiger partial charge in [0.1, 0.15) is 17.4 Å². The lowest BCUT2D eigenvalue weighted by Gasteiger charge is -2.08. The van der Waals surface area contributed by atoms with E-state index in [1.54, 1.807) is 12.1 Å². The molecule has 2 heterocycles. The number of nitrogens with one attached hydrogen (secondary N) is 2. The predicted molar refractivity (Wildman–Crippen MR) is 105 cm³/mol. The first-order chi connectivity index (χ1) is 12.7. The molecule has 0 aliphatic rings. The molecule has 4 N–H and O–H groups in total. The van der Waals surface area contributed by atoms with Gasteiger partial charge < -0.3 is 21.1 Å². The molecule has 134 valence electrons. The number of carbonyl (C=O) groups excluding carboxylic acids is 1. The Bertz CT molecular complexity index is 880. The zero-order valence-corrected chi connectivity index (χ0v) is 15.2. The summed E-state index contributed by atoms with van der Waals surface area (Å²) in [5.74, 6) is 1.39. The normalized spacial score (nSPS) is 10.3. The third-order valence-corrected chi connectivity index (χ3v) is 4.51. The fourth-order valence-corrected chi connectivity index (χ4v) is 3.13. The number of ether oxygens (including phenoxy) is 1. The second-order valence-corrected chi connectivity index (χ2v) is 6.61. The van der Waals surface area contributed by atoms with Gasteiger partial charge in [0.2, 0.25) is 0 Å². The van der Waals surface area contributed by atoms with Crippen molar-refractivity contribution < 1.29 is 9.53 Å². The minimum Gasteiger partial charge on any atom is -0.447 e. The van der Waals surface area contributed by atoms with Crippen LogP contribution >= 0.6 is 11.3 Å². The molecular weight excluding hydrogens is 348 g/mol. The van der Waals surface area contributed by atoms with Gasteiger partial charge >= 0.3 is 0 Å². The average Bonchev–Trinajstić information content (AvgIpc) is 3.08. The Balaban J connectivity index is 1.58. The molecule has 7 heteroatoms. The van der Waals surface area contributed by atoms with Crippen LogP contribution in [-0.2, 0) is 6.54 Å². The van der Waals surface area contributed by atoms with Crippen LogP contribution in [0.2, 0.25) is 0 Å². The Morgan fingerprint density at radius 3 is 2.69 bits per heavy atom. The molecule has 3 aromatic rings. The molecule has 0 aliphatic heterocycles. The fourth-order valence-electron chi connectivity index (χ4n) is 2.32. The number of hydrogen-bond donors (Lipinski definition) is 3. The number of amides is 1. The molecule has 0 spiro atoms. The van der Waals surface area contributed by atoms with Crippen LogP contribution in [0.15, 0.2) is 54.6 Å². The summed E-state index contributed by atoms with van der Waals surface area (Å²) in [7, 11) is 0. The van der Waals surface area contributed by atoms with E-state index < -0.39 is 0 Å². The summed E-state index contributed by atoms with van der Waals surface area (Å²) in [6, 6.07) is 16.8. The van der Waals surface area contributed by atoms with E-state index in [1.807, 2.05) is 49.4 Å². The summed E-state index contributed by atoms with van der Waals surface area (Å²) in [5.41, 5.74) is 6.25. The monoisotopic (exact) mass is 368 g/mol. The van der Waals surface area contributed by atoms with E-state index in [0.717, 1.165) is 22.2 Å². The van der Waals surface area contributed by atoms with Crippen LogP contribution in [0, 0.1) is 0 Å². The molecule has 0 radical (unpaired) electrons. The maximum atomic E-state index is 12.3. The largest absolute Gasteiger partial charge is 0.447 e. The highest BCUT2D eigenvalue weighted by atomic mass is 32.1. The highest BCUT2D eigenvalue weighted by molar-refractivity contribution is 7.13. The van der Waals surface area contributed by atoms with Gasteiger partial charge in [0.05, 0.1) is 12.1 Å². The van der Waals surface area contributed by atoms with Gasteiger partial charge in [0, 0.05) is 11.4 Å². The Morgan fingerprint density at radius 1 is 1.15 bits per heavy atom. The van der Waals surface area contributed by atoms with Crippen molar-refractivity contribution in [2.45, 2.75) is 13.5 Å². The van der Waals surface area contributed by atoms with E-state index in [4.69, 9.17) is 10.5 Å². The number of nitrogens with zero attached hydrogens (tertiary/aromatic N) is 1. The van der Waals surface area contributed by atoms with Gasteiger partial charge in [0.25, 0.3) is 5.91 Å². The standard InChI is InChI=1S/C19H20N4O2S/c1-2-21-16-10-9-15(18(20)23-16)19(24)22-12-14-8-11-17(26-14)25-13-6-4-3-5-7-13/h3-11H,2,12H2,1H3,(H,22,24)(H3,20,21,23). The quantitative estimate of drug-likeness (QED) is 0.589. The van der Waals surface area contributed by atoms with Gasteiger partial charge in [0.15, 0.2) is 5.06 Å². The summed E-state index contributed by atoms with van der Waals surface area (Å²) in [6.07, 6.45) is 0. The van der Waals surface area contributed by atoms with Crippen LogP contribution in [0.1, 0.15) is 22.2 Å². The van der Waals surface area contributed by atoms with Crippen LogP contribution in [0.3, 0.4) is 0 Å². The zero-order chi connectivity index (χ0) is 18.4. The SMILES string of the molecule is CCNc1ccc(C(=O)NCc2ccc(Oc3ccccc3)s2)c(N)n1. The Morgan fingerprint density at radius 2 is 1.96 bits per heavy atom. The Hall–Kier alpha value is -3.06. The number of nitrogen functional groups attached to an aromatic ring is 1. The summed E-state index contributed by atoms with van der Waals surface area (Å²) >= 11 is 1.48. The van der Waals surface area contributed by atoms with Crippen molar-refractivity contribution in [2.24, 2.45) is 0 Å². The van der Waals surface area contributed by atoms with E-state index in [0.29, 0.717) is 17.9 Å². The van der Waals surface area contributed by atoms with Crippen LogP contribution in [0.5, 0.6) is 10.8 Å². The second-order valence-electron chi connectivity index (χ2n) is 5.48. The molecule has 3 rings (SSSR count). The summed E-state index contributed by atoms with van der Waals surface area (Å²) in [5, 5.41) is 6.69. The number of para-hydroxylation sites is 1. The van der Waals surface area contributed by atoms with Gasteiger partial charge in [-0.15, -0.1) is 11.3 Å². The second kappa shape index (κ2) is 8.35. The molecule has 0 atom stereocenters. The van der Waals surface area contributed by atoms with E-state index in [2.05, 4.69) is 15.6 Å². The van der Waals surface area contributed by atoms with Gasteiger partial charge in [-0.25, -0.2) is 4.98 Å². The van der Waals surface area contributed by atoms with Crippen molar-refractivity contribution >= 4 is 28.9 Å². The molecule has 6 nitrogen and oxygen atoms in total. The maximum absolute atomic E-state index is 12.3. The Labute approximate surface area is 156 Å².